The minimum atomic E-state index is 0.0635. The van der Waals surface area contributed by atoms with Crippen molar-refractivity contribution in [2.45, 2.75) is 33.7 Å². The highest BCUT2D eigenvalue weighted by molar-refractivity contribution is 6.30. The highest BCUT2D eigenvalue weighted by atomic mass is 35.5. The molecule has 3 rings (SSSR count). The molecule has 0 spiro atoms. The van der Waals surface area contributed by atoms with Crippen LogP contribution in [0.2, 0.25) is 5.02 Å². The van der Waals surface area contributed by atoms with Crippen LogP contribution in [0.5, 0.6) is 11.6 Å². The largest absolute Gasteiger partial charge is 0.506 e. The summed E-state index contributed by atoms with van der Waals surface area (Å²) in [5.41, 5.74) is 5.51. The number of rotatable bonds is 3. The molecule has 0 saturated carbocycles. The summed E-state index contributed by atoms with van der Waals surface area (Å²) in [6.07, 6.45) is 1.58. The van der Waals surface area contributed by atoms with Crippen molar-refractivity contribution in [3.63, 3.8) is 0 Å². The van der Waals surface area contributed by atoms with Gasteiger partial charge in [-0.2, -0.15) is 0 Å². The zero-order chi connectivity index (χ0) is 18.3. The molecule has 0 unspecified atom stereocenters. The van der Waals surface area contributed by atoms with E-state index in [0.29, 0.717) is 10.6 Å². The number of aromatic hydroxyl groups is 2. The van der Waals surface area contributed by atoms with Crippen LogP contribution in [0.25, 0.3) is 22.3 Å². The van der Waals surface area contributed by atoms with Gasteiger partial charge in [0.2, 0.25) is 5.88 Å². The lowest BCUT2D eigenvalue weighted by Gasteiger charge is -2.14. The maximum atomic E-state index is 10.6. The van der Waals surface area contributed by atoms with Crippen LogP contribution in [0.1, 0.15) is 31.0 Å². The van der Waals surface area contributed by atoms with Gasteiger partial charge in [0.05, 0.1) is 5.56 Å². The normalized spacial score (nSPS) is 11.3. The fourth-order valence-electron chi connectivity index (χ4n) is 3.30. The Kier molecular flexibility index (Phi) is 4.53. The van der Waals surface area contributed by atoms with Gasteiger partial charge >= 0.3 is 0 Å². The summed E-state index contributed by atoms with van der Waals surface area (Å²) in [5.74, 6) is 0.189. The molecule has 1 heterocycles. The molecular weight excluding hydrogens is 334 g/mol. The summed E-state index contributed by atoms with van der Waals surface area (Å²) < 4.78 is 1.68. The first kappa shape index (κ1) is 17.4. The monoisotopic (exact) mass is 355 g/mol. The number of aromatic nitrogens is 1. The average molecular weight is 356 g/mol. The number of halogens is 1. The van der Waals surface area contributed by atoms with Crippen molar-refractivity contribution in [3.8, 4) is 33.9 Å². The second-order valence-corrected chi connectivity index (χ2v) is 7.14. The van der Waals surface area contributed by atoms with Crippen molar-refractivity contribution in [2.24, 2.45) is 0 Å². The van der Waals surface area contributed by atoms with Gasteiger partial charge in [-0.1, -0.05) is 35.9 Å². The van der Waals surface area contributed by atoms with Crippen molar-refractivity contribution >= 4 is 11.6 Å². The fraction of sp³-hybridized carbons (Fsp3) is 0.238. The molecule has 2 N–H and O–H groups in total. The molecule has 4 heteroatoms. The minimum absolute atomic E-state index is 0.0635. The summed E-state index contributed by atoms with van der Waals surface area (Å²) in [6, 6.07) is 11.9. The van der Waals surface area contributed by atoms with Crippen LogP contribution in [-0.4, -0.2) is 14.8 Å². The lowest BCUT2D eigenvalue weighted by Crippen LogP contribution is -1.98. The fourth-order valence-corrected chi connectivity index (χ4v) is 3.43. The van der Waals surface area contributed by atoms with Crippen molar-refractivity contribution < 1.29 is 10.2 Å². The van der Waals surface area contributed by atoms with Crippen LogP contribution >= 0.6 is 11.6 Å². The van der Waals surface area contributed by atoms with E-state index in [1.54, 1.807) is 10.8 Å². The molecule has 0 aliphatic rings. The van der Waals surface area contributed by atoms with Crippen LogP contribution in [-0.2, 0) is 0 Å². The van der Waals surface area contributed by atoms with E-state index in [4.69, 9.17) is 11.6 Å². The molecular formula is C21H22ClNO2. The summed E-state index contributed by atoms with van der Waals surface area (Å²) >= 11 is 5.97. The molecule has 130 valence electrons. The van der Waals surface area contributed by atoms with Gasteiger partial charge in [0.25, 0.3) is 0 Å². The molecule has 2 aromatic carbocycles. The van der Waals surface area contributed by atoms with E-state index in [-0.39, 0.29) is 17.7 Å². The molecule has 1 aromatic heterocycles. The Balaban J connectivity index is 2.15. The molecule has 3 aromatic rings. The molecule has 3 nitrogen and oxygen atoms in total. The first-order valence-electron chi connectivity index (χ1n) is 8.30. The Bertz CT molecular complexity index is 901. The maximum absolute atomic E-state index is 10.6. The molecule has 0 radical (unpaired) electrons. The highest BCUT2D eigenvalue weighted by Gasteiger charge is 2.21. The van der Waals surface area contributed by atoms with Gasteiger partial charge in [-0.3, -0.25) is 0 Å². The van der Waals surface area contributed by atoms with E-state index in [9.17, 15) is 10.2 Å². The van der Waals surface area contributed by atoms with Gasteiger partial charge in [-0.15, -0.1) is 0 Å². The topological polar surface area (TPSA) is 45.4 Å². The van der Waals surface area contributed by atoms with Gasteiger partial charge in [0, 0.05) is 17.3 Å². The zero-order valence-electron chi connectivity index (χ0n) is 14.8. The molecule has 25 heavy (non-hydrogen) atoms. The molecule has 0 bridgehead atoms. The summed E-state index contributed by atoms with van der Waals surface area (Å²) in [5, 5.41) is 21.7. The van der Waals surface area contributed by atoms with Crippen LogP contribution in [0.4, 0.5) is 0 Å². The van der Waals surface area contributed by atoms with Crippen molar-refractivity contribution in [3.05, 3.63) is 58.7 Å². The summed E-state index contributed by atoms with van der Waals surface area (Å²) in [6.45, 7) is 7.92. The Morgan fingerprint density at radius 3 is 1.92 bits per heavy atom. The van der Waals surface area contributed by atoms with Gasteiger partial charge in [-0.05, 0) is 67.6 Å². The molecule has 0 aliphatic carbocycles. The standard InChI is InChI=1S/C21H22ClNO2/c1-12(2)23-11-18(24)20(21(23)25)19-13(3)9-16(10-14(19)4)15-5-7-17(22)8-6-15/h5-12,24-25H,1-4H3. The van der Waals surface area contributed by atoms with Crippen molar-refractivity contribution in [2.75, 3.05) is 0 Å². The van der Waals surface area contributed by atoms with Gasteiger partial charge in [0.15, 0.2) is 0 Å². The molecule has 0 fully saturated rings. The summed E-state index contributed by atoms with van der Waals surface area (Å²) in [4.78, 5) is 0. The van der Waals surface area contributed by atoms with E-state index >= 15 is 0 Å². The highest BCUT2D eigenvalue weighted by Crippen LogP contribution is 2.44. The predicted octanol–water partition coefficient (Wildman–Crippen LogP) is 6.08. The Labute approximate surface area is 153 Å². The second-order valence-electron chi connectivity index (χ2n) is 6.71. The quantitative estimate of drug-likeness (QED) is 0.597. The molecule has 0 amide bonds. The average Bonchev–Trinajstić information content (AvgIpc) is 2.83. The molecule has 0 atom stereocenters. The van der Waals surface area contributed by atoms with Crippen molar-refractivity contribution in [1.29, 1.82) is 0 Å². The molecule has 0 aliphatic heterocycles. The number of benzene rings is 2. The van der Waals surface area contributed by atoms with Gasteiger partial charge < -0.3 is 14.8 Å². The van der Waals surface area contributed by atoms with Crippen LogP contribution in [0.3, 0.4) is 0 Å². The SMILES string of the molecule is Cc1cc(-c2ccc(Cl)cc2)cc(C)c1-c1c(O)cn(C(C)C)c1O. The zero-order valence-corrected chi connectivity index (χ0v) is 15.6. The van der Waals surface area contributed by atoms with E-state index < -0.39 is 0 Å². The lowest BCUT2D eigenvalue weighted by molar-refractivity contribution is 0.402. The number of hydrogen-bond acceptors (Lipinski definition) is 2. The van der Waals surface area contributed by atoms with E-state index in [1.807, 2.05) is 52.0 Å². The second kappa shape index (κ2) is 6.49. The minimum Gasteiger partial charge on any atom is -0.506 e. The third kappa shape index (κ3) is 3.12. The van der Waals surface area contributed by atoms with Gasteiger partial charge in [0.1, 0.15) is 5.75 Å². The lowest BCUT2D eigenvalue weighted by atomic mass is 9.92. The Morgan fingerprint density at radius 2 is 1.44 bits per heavy atom. The Morgan fingerprint density at radius 1 is 0.880 bits per heavy atom. The first-order valence-corrected chi connectivity index (χ1v) is 8.67. The van der Waals surface area contributed by atoms with Crippen LogP contribution in [0.15, 0.2) is 42.6 Å². The van der Waals surface area contributed by atoms with E-state index in [0.717, 1.165) is 27.8 Å². The van der Waals surface area contributed by atoms with Crippen LogP contribution in [0, 0.1) is 13.8 Å². The van der Waals surface area contributed by atoms with Crippen LogP contribution < -0.4 is 0 Å². The summed E-state index contributed by atoms with van der Waals surface area (Å²) in [7, 11) is 0. The molecule has 0 saturated heterocycles. The van der Waals surface area contributed by atoms with E-state index in [2.05, 4.69) is 12.1 Å². The van der Waals surface area contributed by atoms with Crippen molar-refractivity contribution in [1.82, 2.24) is 4.57 Å². The number of hydrogen-bond donors (Lipinski definition) is 2. The number of nitrogens with zero attached hydrogens (tertiary/aromatic N) is 1. The maximum Gasteiger partial charge on any atom is 0.203 e. The van der Waals surface area contributed by atoms with E-state index in [1.165, 1.54) is 0 Å². The Hall–Kier alpha value is -2.39. The predicted molar refractivity (Wildman–Crippen MR) is 104 cm³/mol. The smallest absolute Gasteiger partial charge is 0.203 e. The number of aryl methyl sites for hydroxylation is 2. The third-order valence-electron chi connectivity index (χ3n) is 4.50. The third-order valence-corrected chi connectivity index (χ3v) is 4.75. The van der Waals surface area contributed by atoms with Gasteiger partial charge in [-0.25, -0.2) is 0 Å². The first-order chi connectivity index (χ1) is 11.8.